The number of likely N-dealkylation sites (N-methyl/N-ethyl adjacent to an activating group) is 1. The maximum atomic E-state index is 6.03. The lowest BCUT2D eigenvalue weighted by atomic mass is 9.87. The highest BCUT2D eigenvalue weighted by atomic mass is 16.5. The van der Waals surface area contributed by atoms with Crippen molar-refractivity contribution in [3.63, 3.8) is 0 Å². The summed E-state index contributed by atoms with van der Waals surface area (Å²) in [6.07, 6.45) is 3.69. The van der Waals surface area contributed by atoms with Gasteiger partial charge in [-0.1, -0.05) is 57.2 Å². The number of fused-ring (bicyclic) bond motifs is 1. The molecule has 0 amide bonds. The number of hydrogen-bond acceptors (Lipinski definition) is 4. The largest absolute Gasteiger partial charge is 0.492 e. The van der Waals surface area contributed by atoms with Crippen LogP contribution in [0.3, 0.4) is 0 Å². The molecule has 1 saturated heterocycles. The first-order chi connectivity index (χ1) is 17.3. The maximum absolute atomic E-state index is 6.03. The quantitative estimate of drug-likeness (QED) is 0.329. The van der Waals surface area contributed by atoms with Crippen LogP contribution in [0.5, 0.6) is 11.5 Å². The van der Waals surface area contributed by atoms with Crippen molar-refractivity contribution < 1.29 is 9.47 Å². The molecule has 3 aromatic carbocycles. The third kappa shape index (κ3) is 7.72. The van der Waals surface area contributed by atoms with Crippen LogP contribution in [0.15, 0.2) is 60.7 Å². The molecule has 0 aromatic heterocycles. The van der Waals surface area contributed by atoms with Gasteiger partial charge in [-0.25, -0.2) is 0 Å². The molecule has 0 radical (unpaired) electrons. The van der Waals surface area contributed by atoms with Gasteiger partial charge in [0.1, 0.15) is 24.7 Å². The lowest BCUT2D eigenvalue weighted by molar-refractivity contribution is 0.155. The van der Waals surface area contributed by atoms with Crippen LogP contribution in [-0.4, -0.2) is 63.3 Å². The molecule has 36 heavy (non-hydrogen) atoms. The molecule has 0 N–H and O–H groups in total. The van der Waals surface area contributed by atoms with Crippen molar-refractivity contribution in [1.82, 2.24) is 9.80 Å². The van der Waals surface area contributed by atoms with Gasteiger partial charge in [0.25, 0.3) is 0 Å². The Morgan fingerprint density at radius 2 is 1.44 bits per heavy atom. The molecule has 0 saturated carbocycles. The molecule has 4 nitrogen and oxygen atoms in total. The number of likely N-dealkylation sites (tertiary alicyclic amines) is 1. The number of rotatable bonds is 10. The van der Waals surface area contributed by atoms with Crippen LogP contribution in [0.25, 0.3) is 10.8 Å². The molecular weight excluding hydrogens is 444 g/mol. The minimum absolute atomic E-state index is 0.180. The van der Waals surface area contributed by atoms with Crippen LogP contribution < -0.4 is 9.47 Å². The zero-order valence-electron chi connectivity index (χ0n) is 22.9. The van der Waals surface area contributed by atoms with Crippen LogP contribution in [0.4, 0.5) is 0 Å². The van der Waals surface area contributed by atoms with E-state index in [0.717, 1.165) is 50.2 Å². The highest BCUT2D eigenvalue weighted by Crippen LogP contribution is 2.27. The van der Waals surface area contributed by atoms with E-state index in [-0.39, 0.29) is 5.41 Å². The second kappa shape index (κ2) is 12.1. The van der Waals surface area contributed by atoms with Crippen molar-refractivity contribution in [1.29, 1.82) is 0 Å². The summed E-state index contributed by atoms with van der Waals surface area (Å²) in [4.78, 5) is 4.69. The van der Waals surface area contributed by atoms with E-state index in [0.29, 0.717) is 6.61 Å². The first-order valence-electron chi connectivity index (χ1n) is 13.5. The molecule has 1 heterocycles. The zero-order valence-corrected chi connectivity index (χ0v) is 22.9. The van der Waals surface area contributed by atoms with Gasteiger partial charge in [0.2, 0.25) is 0 Å². The normalized spacial score (nSPS) is 15.5. The molecule has 0 bridgehead atoms. The molecule has 1 aliphatic heterocycles. The summed E-state index contributed by atoms with van der Waals surface area (Å²) in [5.74, 6) is 2.69. The molecule has 0 unspecified atom stereocenters. The minimum atomic E-state index is 0.180. The first-order valence-corrected chi connectivity index (χ1v) is 13.5. The van der Waals surface area contributed by atoms with Gasteiger partial charge in [-0.3, -0.25) is 4.90 Å². The molecule has 4 heteroatoms. The topological polar surface area (TPSA) is 24.9 Å². The third-order valence-corrected chi connectivity index (χ3v) is 7.31. The summed E-state index contributed by atoms with van der Waals surface area (Å²) in [6, 6.07) is 22.0. The molecule has 4 rings (SSSR count). The zero-order chi connectivity index (χ0) is 25.5. The van der Waals surface area contributed by atoms with E-state index in [9.17, 15) is 0 Å². The number of nitrogens with zero attached hydrogens (tertiary/aromatic N) is 2. The van der Waals surface area contributed by atoms with E-state index in [2.05, 4.69) is 105 Å². The molecule has 0 spiro atoms. The average Bonchev–Trinajstić information content (AvgIpc) is 2.85. The second-order valence-electron chi connectivity index (χ2n) is 11.6. The lowest BCUT2D eigenvalue weighted by Gasteiger charge is -2.32. The summed E-state index contributed by atoms with van der Waals surface area (Å²) in [6.45, 7) is 12.5. The van der Waals surface area contributed by atoms with E-state index in [1.54, 1.807) is 0 Å². The predicted molar refractivity (Wildman–Crippen MR) is 152 cm³/mol. The molecule has 1 fully saturated rings. The van der Waals surface area contributed by atoms with Gasteiger partial charge in [-0.15, -0.1) is 0 Å². The number of benzene rings is 3. The highest BCUT2D eigenvalue weighted by molar-refractivity contribution is 5.84. The van der Waals surface area contributed by atoms with Crippen LogP contribution in [0.2, 0.25) is 0 Å². The van der Waals surface area contributed by atoms with E-state index >= 15 is 0 Å². The standard InChI is InChI=1S/C32H44N2O2/c1-32(2,3)29-9-12-30(13-10-29)35-21-19-34-16-14-25(15-17-34)22-26-6-7-28-24-31(11-8-27(28)23-26)36-20-18-33(4)5/h6-13,23-25H,14-22H2,1-5H3. The second-order valence-corrected chi connectivity index (χ2v) is 11.6. The molecule has 194 valence electrons. The Labute approximate surface area is 218 Å². The molecule has 0 atom stereocenters. The Morgan fingerprint density at radius 3 is 2.14 bits per heavy atom. The fraction of sp³-hybridized carbons (Fsp3) is 0.500. The summed E-state index contributed by atoms with van der Waals surface area (Å²) >= 11 is 0. The Kier molecular flexibility index (Phi) is 8.92. The van der Waals surface area contributed by atoms with Gasteiger partial charge in [-0.2, -0.15) is 0 Å². The van der Waals surface area contributed by atoms with E-state index in [4.69, 9.17) is 9.47 Å². The predicted octanol–water partition coefficient (Wildman–Crippen LogP) is 6.41. The minimum Gasteiger partial charge on any atom is -0.492 e. The molecule has 3 aromatic rings. The van der Waals surface area contributed by atoms with E-state index in [1.807, 2.05) is 0 Å². The van der Waals surface area contributed by atoms with Crippen LogP contribution in [0, 0.1) is 5.92 Å². The lowest BCUT2D eigenvalue weighted by Crippen LogP contribution is -2.37. The van der Waals surface area contributed by atoms with E-state index in [1.165, 1.54) is 41.2 Å². The van der Waals surface area contributed by atoms with Gasteiger partial charge in [-0.05, 0) is 104 Å². The maximum Gasteiger partial charge on any atom is 0.120 e. The van der Waals surface area contributed by atoms with Crippen LogP contribution >= 0.6 is 0 Å². The van der Waals surface area contributed by atoms with Gasteiger partial charge >= 0.3 is 0 Å². The summed E-state index contributed by atoms with van der Waals surface area (Å²) < 4.78 is 11.9. The van der Waals surface area contributed by atoms with Gasteiger partial charge in [0.15, 0.2) is 0 Å². The van der Waals surface area contributed by atoms with Gasteiger partial charge in [0.05, 0.1) is 0 Å². The third-order valence-electron chi connectivity index (χ3n) is 7.31. The monoisotopic (exact) mass is 488 g/mol. The van der Waals surface area contributed by atoms with Crippen molar-refractivity contribution >= 4 is 10.8 Å². The molecular formula is C32H44N2O2. The van der Waals surface area contributed by atoms with Crippen LogP contribution in [0.1, 0.15) is 44.7 Å². The van der Waals surface area contributed by atoms with Crippen molar-refractivity contribution in [3.05, 3.63) is 71.8 Å². The van der Waals surface area contributed by atoms with Gasteiger partial charge < -0.3 is 14.4 Å². The summed E-state index contributed by atoms with van der Waals surface area (Å²) in [7, 11) is 4.13. The summed E-state index contributed by atoms with van der Waals surface area (Å²) in [5, 5.41) is 2.56. The number of hydrogen-bond donors (Lipinski definition) is 0. The average molecular weight is 489 g/mol. The van der Waals surface area contributed by atoms with Crippen LogP contribution in [-0.2, 0) is 11.8 Å². The van der Waals surface area contributed by atoms with Gasteiger partial charge in [0, 0.05) is 13.1 Å². The molecule has 1 aliphatic rings. The van der Waals surface area contributed by atoms with Crippen molar-refractivity contribution in [2.24, 2.45) is 5.92 Å². The Balaban J connectivity index is 1.19. The van der Waals surface area contributed by atoms with Crippen molar-refractivity contribution in [2.75, 3.05) is 53.5 Å². The molecule has 0 aliphatic carbocycles. The fourth-order valence-electron chi connectivity index (χ4n) is 4.93. The summed E-state index contributed by atoms with van der Waals surface area (Å²) in [5.41, 5.74) is 2.97. The highest BCUT2D eigenvalue weighted by Gasteiger charge is 2.19. The van der Waals surface area contributed by atoms with Crippen molar-refractivity contribution in [2.45, 2.75) is 45.4 Å². The number of piperidine rings is 1. The number of ether oxygens (including phenoxy) is 2. The Bertz CT molecular complexity index is 1090. The van der Waals surface area contributed by atoms with Crippen molar-refractivity contribution in [3.8, 4) is 11.5 Å². The fourth-order valence-corrected chi connectivity index (χ4v) is 4.93. The first kappa shape index (κ1) is 26.5. The Hall–Kier alpha value is -2.56. The smallest absolute Gasteiger partial charge is 0.120 e. The van der Waals surface area contributed by atoms with E-state index < -0.39 is 0 Å². The Morgan fingerprint density at radius 1 is 0.806 bits per heavy atom. The SMILES string of the molecule is CN(C)CCOc1ccc2cc(CC3CCN(CCOc4ccc(C(C)(C)C)cc4)CC3)ccc2c1.